The quantitative estimate of drug-likeness (QED) is 0.694. The molecule has 0 saturated carbocycles. The van der Waals surface area contributed by atoms with E-state index in [1.807, 2.05) is 0 Å². The van der Waals surface area contributed by atoms with Gasteiger partial charge >= 0.3 is 0 Å². The SMILES string of the molecule is Nc1nn2cccnc2c1-c1cccc(F)c1. The molecule has 5 heteroatoms. The van der Waals surface area contributed by atoms with E-state index in [2.05, 4.69) is 10.1 Å². The molecular weight excluding hydrogens is 219 g/mol. The first-order valence-electron chi connectivity index (χ1n) is 5.10. The standard InChI is InChI=1S/C12H9FN4/c13-9-4-1-3-8(7-9)10-11(14)16-17-6-2-5-15-12(10)17/h1-7H,(H2,14,16). The number of halogens is 1. The van der Waals surface area contributed by atoms with Crippen LogP contribution in [0, 0.1) is 5.82 Å². The van der Waals surface area contributed by atoms with Crippen LogP contribution in [0.15, 0.2) is 42.7 Å². The van der Waals surface area contributed by atoms with Crippen LogP contribution in [0.2, 0.25) is 0 Å². The molecule has 17 heavy (non-hydrogen) atoms. The Morgan fingerprint density at radius 3 is 2.94 bits per heavy atom. The second-order valence-electron chi connectivity index (χ2n) is 3.66. The predicted molar refractivity (Wildman–Crippen MR) is 62.8 cm³/mol. The number of aromatic nitrogens is 3. The van der Waals surface area contributed by atoms with E-state index in [1.54, 1.807) is 35.1 Å². The lowest BCUT2D eigenvalue weighted by Crippen LogP contribution is -1.88. The van der Waals surface area contributed by atoms with Gasteiger partial charge in [-0.3, -0.25) is 0 Å². The first kappa shape index (κ1) is 9.77. The van der Waals surface area contributed by atoms with E-state index in [1.165, 1.54) is 12.1 Å². The largest absolute Gasteiger partial charge is 0.382 e. The van der Waals surface area contributed by atoms with Crippen molar-refractivity contribution in [2.75, 3.05) is 5.73 Å². The summed E-state index contributed by atoms with van der Waals surface area (Å²) in [6.07, 6.45) is 3.40. The minimum absolute atomic E-state index is 0.308. The zero-order valence-corrected chi connectivity index (χ0v) is 8.84. The maximum Gasteiger partial charge on any atom is 0.165 e. The number of fused-ring (bicyclic) bond motifs is 1. The van der Waals surface area contributed by atoms with Gasteiger partial charge in [0.15, 0.2) is 11.5 Å². The van der Waals surface area contributed by atoms with Crippen LogP contribution in [-0.2, 0) is 0 Å². The molecule has 0 amide bonds. The van der Waals surface area contributed by atoms with Gasteiger partial charge in [-0.2, -0.15) is 0 Å². The molecule has 84 valence electrons. The van der Waals surface area contributed by atoms with Crippen LogP contribution in [-0.4, -0.2) is 14.6 Å². The summed E-state index contributed by atoms with van der Waals surface area (Å²) in [5.74, 6) is 0.0338. The van der Waals surface area contributed by atoms with Crippen LogP contribution in [0.3, 0.4) is 0 Å². The maximum atomic E-state index is 13.2. The summed E-state index contributed by atoms with van der Waals surface area (Å²) in [6, 6.07) is 7.98. The van der Waals surface area contributed by atoms with Crippen molar-refractivity contribution >= 4 is 11.5 Å². The Balaban J connectivity index is 2.33. The molecule has 1 aromatic carbocycles. The average molecular weight is 228 g/mol. The van der Waals surface area contributed by atoms with E-state index in [0.29, 0.717) is 22.6 Å². The molecule has 0 saturated heterocycles. The van der Waals surface area contributed by atoms with Crippen molar-refractivity contribution in [2.24, 2.45) is 0 Å². The molecule has 0 aliphatic heterocycles. The fourth-order valence-corrected chi connectivity index (χ4v) is 1.82. The molecule has 0 radical (unpaired) electrons. The molecule has 2 aromatic heterocycles. The van der Waals surface area contributed by atoms with Gasteiger partial charge in [0.05, 0.1) is 5.56 Å². The fraction of sp³-hybridized carbons (Fsp3) is 0. The lowest BCUT2D eigenvalue weighted by molar-refractivity contribution is 0.628. The third-order valence-electron chi connectivity index (χ3n) is 2.54. The van der Waals surface area contributed by atoms with Gasteiger partial charge in [-0.05, 0) is 23.8 Å². The minimum atomic E-state index is -0.308. The van der Waals surface area contributed by atoms with Crippen molar-refractivity contribution in [3.8, 4) is 11.1 Å². The lowest BCUT2D eigenvalue weighted by Gasteiger charge is -1.99. The van der Waals surface area contributed by atoms with Crippen LogP contribution in [0.25, 0.3) is 16.8 Å². The van der Waals surface area contributed by atoms with Gasteiger partial charge in [0, 0.05) is 12.4 Å². The van der Waals surface area contributed by atoms with E-state index >= 15 is 0 Å². The number of nitrogens with two attached hydrogens (primary N) is 1. The summed E-state index contributed by atoms with van der Waals surface area (Å²) in [4.78, 5) is 4.21. The van der Waals surface area contributed by atoms with Gasteiger partial charge in [0.25, 0.3) is 0 Å². The minimum Gasteiger partial charge on any atom is -0.382 e. The summed E-state index contributed by atoms with van der Waals surface area (Å²) in [7, 11) is 0. The van der Waals surface area contributed by atoms with E-state index in [9.17, 15) is 4.39 Å². The van der Waals surface area contributed by atoms with Crippen molar-refractivity contribution in [2.45, 2.75) is 0 Å². The van der Waals surface area contributed by atoms with Gasteiger partial charge in [0.1, 0.15) is 5.82 Å². The third kappa shape index (κ3) is 1.52. The zero-order chi connectivity index (χ0) is 11.8. The molecule has 3 rings (SSSR count). The van der Waals surface area contributed by atoms with E-state index in [-0.39, 0.29) is 5.82 Å². The predicted octanol–water partition coefficient (Wildman–Crippen LogP) is 2.12. The Labute approximate surface area is 96.5 Å². The number of rotatable bonds is 1. The van der Waals surface area contributed by atoms with Gasteiger partial charge < -0.3 is 5.73 Å². The van der Waals surface area contributed by atoms with Crippen molar-refractivity contribution in [3.63, 3.8) is 0 Å². The number of nitrogen functional groups attached to an aromatic ring is 1. The molecule has 0 spiro atoms. The highest BCUT2D eigenvalue weighted by Crippen LogP contribution is 2.29. The Hall–Kier alpha value is -2.43. The molecule has 0 bridgehead atoms. The first-order chi connectivity index (χ1) is 8.25. The van der Waals surface area contributed by atoms with Gasteiger partial charge in [-0.15, -0.1) is 5.10 Å². The van der Waals surface area contributed by atoms with Crippen LogP contribution in [0.4, 0.5) is 10.2 Å². The molecule has 0 unspecified atom stereocenters. The van der Waals surface area contributed by atoms with Gasteiger partial charge in [0.2, 0.25) is 0 Å². The van der Waals surface area contributed by atoms with Crippen molar-refractivity contribution in [1.29, 1.82) is 0 Å². The van der Waals surface area contributed by atoms with Crippen LogP contribution >= 0.6 is 0 Å². The molecule has 0 fully saturated rings. The van der Waals surface area contributed by atoms with Crippen molar-refractivity contribution in [3.05, 3.63) is 48.5 Å². The molecular formula is C12H9FN4. The summed E-state index contributed by atoms with van der Waals surface area (Å²) in [5.41, 5.74) is 7.80. The fourth-order valence-electron chi connectivity index (χ4n) is 1.82. The highest BCUT2D eigenvalue weighted by molar-refractivity contribution is 5.86. The average Bonchev–Trinajstić information content (AvgIpc) is 2.64. The lowest BCUT2D eigenvalue weighted by atomic mass is 10.1. The second-order valence-corrected chi connectivity index (χ2v) is 3.66. The molecule has 0 atom stereocenters. The van der Waals surface area contributed by atoms with Gasteiger partial charge in [-0.1, -0.05) is 12.1 Å². The van der Waals surface area contributed by atoms with Crippen LogP contribution < -0.4 is 5.73 Å². The summed E-state index contributed by atoms with van der Waals surface area (Å²) in [5, 5.41) is 4.13. The third-order valence-corrected chi connectivity index (χ3v) is 2.54. The molecule has 2 N–H and O–H groups in total. The molecule has 0 aliphatic carbocycles. The number of nitrogens with zero attached hydrogens (tertiary/aromatic N) is 3. The highest BCUT2D eigenvalue weighted by Gasteiger charge is 2.13. The number of benzene rings is 1. The van der Waals surface area contributed by atoms with Gasteiger partial charge in [-0.25, -0.2) is 13.9 Å². The highest BCUT2D eigenvalue weighted by atomic mass is 19.1. The van der Waals surface area contributed by atoms with Crippen LogP contribution in [0.5, 0.6) is 0 Å². The summed E-state index contributed by atoms with van der Waals surface area (Å²) < 4.78 is 14.8. The van der Waals surface area contributed by atoms with E-state index in [0.717, 1.165) is 0 Å². The zero-order valence-electron chi connectivity index (χ0n) is 8.84. The monoisotopic (exact) mass is 228 g/mol. The normalized spacial score (nSPS) is 10.9. The Morgan fingerprint density at radius 2 is 2.12 bits per heavy atom. The Kier molecular flexibility index (Phi) is 2.04. The van der Waals surface area contributed by atoms with Crippen molar-refractivity contribution in [1.82, 2.24) is 14.6 Å². The molecule has 2 heterocycles. The summed E-state index contributed by atoms with van der Waals surface area (Å²) >= 11 is 0. The number of hydrogen-bond acceptors (Lipinski definition) is 3. The first-order valence-corrected chi connectivity index (χ1v) is 5.10. The van der Waals surface area contributed by atoms with E-state index in [4.69, 9.17) is 5.73 Å². The van der Waals surface area contributed by atoms with Crippen molar-refractivity contribution < 1.29 is 4.39 Å². The number of anilines is 1. The van der Waals surface area contributed by atoms with Crippen LogP contribution in [0.1, 0.15) is 0 Å². The maximum absolute atomic E-state index is 13.2. The second kappa shape index (κ2) is 3.55. The number of hydrogen-bond donors (Lipinski definition) is 1. The molecule has 0 aliphatic rings. The Bertz CT molecular complexity index is 690. The Morgan fingerprint density at radius 1 is 1.24 bits per heavy atom. The van der Waals surface area contributed by atoms with E-state index < -0.39 is 0 Å². The molecule has 3 aromatic rings. The summed E-state index contributed by atoms with van der Waals surface area (Å²) in [6.45, 7) is 0. The molecule has 4 nitrogen and oxygen atoms in total. The smallest absolute Gasteiger partial charge is 0.165 e. The topological polar surface area (TPSA) is 56.2 Å².